The number of unbranched alkanes of at least 4 members (excludes halogenated alkanes) is 1. The van der Waals surface area contributed by atoms with E-state index in [1.54, 1.807) is 31.4 Å². The van der Waals surface area contributed by atoms with Crippen LogP contribution in [0.1, 0.15) is 52.9 Å². The van der Waals surface area contributed by atoms with E-state index in [0.29, 0.717) is 5.56 Å². The van der Waals surface area contributed by atoms with Crippen LogP contribution in [-0.2, 0) is 31.0 Å². The molecule has 2 unspecified atom stereocenters. The molecule has 0 radical (unpaired) electrons. The Morgan fingerprint density at radius 2 is 2.02 bits per heavy atom. The summed E-state index contributed by atoms with van der Waals surface area (Å²) in [6.07, 6.45) is 8.16. The number of aromatic hydroxyl groups is 1. The lowest BCUT2D eigenvalue weighted by Gasteiger charge is -2.26. The van der Waals surface area contributed by atoms with Crippen LogP contribution in [0.2, 0.25) is 0 Å². The van der Waals surface area contributed by atoms with Gasteiger partial charge in [-0.15, -0.1) is 0 Å². The first-order valence-electron chi connectivity index (χ1n) is 13.5. The monoisotopic (exact) mass is 575 g/mol. The van der Waals surface area contributed by atoms with Crippen molar-refractivity contribution in [3.63, 3.8) is 0 Å². The lowest BCUT2D eigenvalue weighted by molar-refractivity contribution is -0.154. The number of likely N-dealkylation sites (N-methyl/N-ethyl adjacent to an activating group) is 1. The maximum Gasteiger partial charge on any atom is 0.325 e. The molecular formula is C28H38FN5O5S. The normalized spacial score (nSPS) is 19.0. The van der Waals surface area contributed by atoms with Gasteiger partial charge in [0.25, 0.3) is 5.91 Å². The van der Waals surface area contributed by atoms with Gasteiger partial charge in [0.15, 0.2) is 12.5 Å². The molecule has 1 aliphatic heterocycles. The molecule has 1 aromatic carbocycles. The highest BCUT2D eigenvalue weighted by Crippen LogP contribution is 2.50. The van der Waals surface area contributed by atoms with E-state index >= 15 is 4.39 Å². The summed E-state index contributed by atoms with van der Waals surface area (Å²) in [4.78, 5) is 27.0. The van der Waals surface area contributed by atoms with Crippen LogP contribution in [0.15, 0.2) is 36.7 Å². The number of hydrogen-bond donors (Lipinski definition) is 1. The number of phenols is 1. The Bertz CT molecular complexity index is 1310. The van der Waals surface area contributed by atoms with E-state index < -0.39 is 53.9 Å². The SMILES string of the molecule is C=C(CCCC)C1(n2cc(-c3ccc(O)c(N4CC(=O)N(COC(=O)C(C(C)C)N(C)C)S4=O)c3F)cn2)CC1. The number of rotatable bonds is 12. The number of aromatic nitrogens is 2. The molecule has 2 aromatic rings. The zero-order chi connectivity index (χ0) is 29.4. The maximum atomic E-state index is 15.9. The Kier molecular flexibility index (Phi) is 8.69. The number of nitrogens with zero attached hydrogens (tertiary/aromatic N) is 5. The Morgan fingerprint density at radius 1 is 1.32 bits per heavy atom. The van der Waals surface area contributed by atoms with E-state index in [-0.39, 0.29) is 22.7 Å². The zero-order valence-electron chi connectivity index (χ0n) is 23.7. The predicted molar refractivity (Wildman–Crippen MR) is 151 cm³/mol. The summed E-state index contributed by atoms with van der Waals surface area (Å²) in [6, 6.07) is 2.17. The Hall–Kier alpha value is -3.25. The summed E-state index contributed by atoms with van der Waals surface area (Å²) >= 11 is -2.23. The molecule has 40 heavy (non-hydrogen) atoms. The minimum Gasteiger partial charge on any atom is -0.506 e. The third-order valence-corrected chi connectivity index (χ3v) is 8.95. The van der Waals surface area contributed by atoms with E-state index in [0.717, 1.165) is 46.3 Å². The first kappa shape index (κ1) is 29.7. The van der Waals surface area contributed by atoms with Gasteiger partial charge < -0.3 is 9.84 Å². The van der Waals surface area contributed by atoms with Crippen LogP contribution < -0.4 is 4.31 Å². The summed E-state index contributed by atoms with van der Waals surface area (Å²) in [7, 11) is 3.48. The van der Waals surface area contributed by atoms with Gasteiger partial charge in [0.1, 0.15) is 24.0 Å². The third-order valence-electron chi connectivity index (χ3n) is 7.58. The molecule has 10 nitrogen and oxygen atoms in total. The first-order chi connectivity index (χ1) is 18.9. The van der Waals surface area contributed by atoms with Gasteiger partial charge in [0.05, 0.1) is 11.7 Å². The van der Waals surface area contributed by atoms with E-state index in [9.17, 15) is 18.9 Å². The number of benzene rings is 1. The van der Waals surface area contributed by atoms with E-state index in [1.165, 1.54) is 12.1 Å². The minimum atomic E-state index is -2.23. The van der Waals surface area contributed by atoms with Crippen LogP contribution in [0.25, 0.3) is 11.1 Å². The number of esters is 1. The van der Waals surface area contributed by atoms with Crippen molar-refractivity contribution >= 4 is 28.7 Å². The predicted octanol–water partition coefficient (Wildman–Crippen LogP) is 3.94. The standard InChI is InChI=1S/C28H38FN5O5S/c1-7-8-9-19(4)28(12-13-28)34-15-20(14-30-34)21-10-11-22(35)26(24(21)29)32-16-23(36)33(40(32)38)17-39-27(37)25(18(2)3)31(5)6/h10-11,14-15,18,25,35H,4,7-9,12-13,16-17H2,1-3,5-6H3. The van der Waals surface area contributed by atoms with Crippen molar-refractivity contribution in [2.45, 2.75) is 64.5 Å². The molecule has 218 valence electrons. The van der Waals surface area contributed by atoms with E-state index in [1.807, 2.05) is 18.5 Å². The number of allylic oxidation sites excluding steroid dienone is 1. The number of halogens is 1. The van der Waals surface area contributed by atoms with Crippen molar-refractivity contribution in [1.82, 2.24) is 19.0 Å². The molecular weight excluding hydrogens is 537 g/mol. The van der Waals surface area contributed by atoms with Gasteiger partial charge in [0, 0.05) is 17.3 Å². The summed E-state index contributed by atoms with van der Waals surface area (Å²) in [6.45, 7) is 9.11. The average molecular weight is 576 g/mol. The number of carbonyl (C=O) groups excluding carboxylic acids is 2. The fourth-order valence-electron chi connectivity index (χ4n) is 5.22. The minimum absolute atomic E-state index is 0.0545. The molecule has 0 spiro atoms. The van der Waals surface area contributed by atoms with Gasteiger partial charge in [-0.05, 0) is 63.4 Å². The van der Waals surface area contributed by atoms with Crippen LogP contribution in [0.4, 0.5) is 10.1 Å². The number of phenolic OH excluding ortho intramolecular Hbond substituents is 1. The lowest BCUT2D eigenvalue weighted by Crippen LogP contribution is -2.43. The molecule has 4 rings (SSSR count). The molecule has 2 aliphatic rings. The van der Waals surface area contributed by atoms with Gasteiger partial charge in [-0.3, -0.25) is 23.5 Å². The number of amides is 1. The highest BCUT2D eigenvalue weighted by atomic mass is 32.2. The zero-order valence-corrected chi connectivity index (χ0v) is 24.5. The Labute approximate surface area is 237 Å². The average Bonchev–Trinajstić information content (AvgIpc) is 3.47. The van der Waals surface area contributed by atoms with E-state index in [4.69, 9.17) is 4.74 Å². The van der Waals surface area contributed by atoms with Crippen molar-refractivity contribution in [1.29, 1.82) is 0 Å². The molecule has 1 aromatic heterocycles. The first-order valence-corrected chi connectivity index (χ1v) is 14.6. The largest absolute Gasteiger partial charge is 0.506 e. The summed E-state index contributed by atoms with van der Waals surface area (Å²) in [5.41, 5.74) is 1.11. The topological polar surface area (TPSA) is 108 Å². The highest BCUT2D eigenvalue weighted by molar-refractivity contribution is 7.85. The van der Waals surface area contributed by atoms with Crippen LogP contribution in [0.5, 0.6) is 5.75 Å². The molecule has 1 aliphatic carbocycles. The molecule has 0 bridgehead atoms. The van der Waals surface area contributed by atoms with Crippen LogP contribution in [0, 0.1) is 11.7 Å². The molecule has 2 fully saturated rings. The number of hydrogen-bond acceptors (Lipinski definition) is 7. The molecule has 1 N–H and O–H groups in total. The van der Waals surface area contributed by atoms with Gasteiger partial charge in [-0.1, -0.05) is 33.8 Å². The van der Waals surface area contributed by atoms with Crippen molar-refractivity contribution in [2.75, 3.05) is 31.7 Å². The molecule has 2 heterocycles. The fraction of sp³-hybridized carbons (Fsp3) is 0.536. The number of ether oxygens (including phenoxy) is 1. The fourth-order valence-corrected chi connectivity index (χ4v) is 6.38. The molecule has 1 saturated carbocycles. The van der Waals surface area contributed by atoms with E-state index in [2.05, 4.69) is 18.6 Å². The van der Waals surface area contributed by atoms with Crippen LogP contribution in [-0.4, -0.2) is 73.6 Å². The molecule has 1 saturated heterocycles. The maximum absolute atomic E-state index is 15.9. The van der Waals surface area contributed by atoms with Crippen LogP contribution >= 0.6 is 0 Å². The summed E-state index contributed by atoms with van der Waals surface area (Å²) < 4.78 is 38.1. The number of carbonyl (C=O) groups is 2. The van der Waals surface area contributed by atoms with Gasteiger partial charge >= 0.3 is 5.97 Å². The second-order valence-corrected chi connectivity index (χ2v) is 12.3. The molecule has 12 heteroatoms. The second-order valence-electron chi connectivity index (χ2n) is 11.0. The summed E-state index contributed by atoms with van der Waals surface area (Å²) in [5, 5.41) is 15.1. The summed E-state index contributed by atoms with van der Waals surface area (Å²) in [5.74, 6) is -2.55. The Morgan fingerprint density at radius 3 is 2.62 bits per heavy atom. The quantitative estimate of drug-likeness (QED) is 0.302. The third kappa shape index (κ3) is 5.51. The second kappa shape index (κ2) is 11.7. The Balaban J connectivity index is 1.55. The van der Waals surface area contributed by atoms with Crippen LogP contribution in [0.3, 0.4) is 0 Å². The van der Waals surface area contributed by atoms with Gasteiger partial charge in [-0.25, -0.2) is 12.9 Å². The van der Waals surface area contributed by atoms with Crippen molar-refractivity contribution in [3.05, 3.63) is 42.5 Å². The van der Waals surface area contributed by atoms with Gasteiger partial charge in [0.2, 0.25) is 11.2 Å². The molecule has 2 atom stereocenters. The van der Waals surface area contributed by atoms with Crippen molar-refractivity contribution in [3.8, 4) is 16.9 Å². The smallest absolute Gasteiger partial charge is 0.325 e. The highest BCUT2D eigenvalue weighted by Gasteiger charge is 2.47. The lowest BCUT2D eigenvalue weighted by atomic mass is 10.0. The van der Waals surface area contributed by atoms with Crippen molar-refractivity contribution in [2.24, 2.45) is 5.92 Å². The van der Waals surface area contributed by atoms with Gasteiger partial charge in [-0.2, -0.15) is 5.10 Å². The molecule has 1 amide bonds. The number of anilines is 1. The van der Waals surface area contributed by atoms with Crippen molar-refractivity contribution < 1.29 is 28.0 Å².